The van der Waals surface area contributed by atoms with Crippen molar-refractivity contribution in [3.8, 4) is 0 Å². The van der Waals surface area contributed by atoms with Crippen molar-refractivity contribution in [2.75, 3.05) is 0 Å². The van der Waals surface area contributed by atoms with E-state index >= 15 is 0 Å². The van der Waals surface area contributed by atoms with Gasteiger partial charge in [0.2, 0.25) is 0 Å². The van der Waals surface area contributed by atoms with Gasteiger partial charge in [0.05, 0.1) is 5.56 Å². The first-order chi connectivity index (χ1) is 7.74. The number of benzene rings is 2. The Morgan fingerprint density at radius 2 is 1.81 bits per heavy atom. The van der Waals surface area contributed by atoms with Crippen molar-refractivity contribution in [1.29, 1.82) is 0 Å². The molecule has 0 saturated heterocycles. The molecule has 2 heteroatoms. The SMILES string of the molecule is CC=Cc1ccc(C(=O)O)c2ccccc12. The van der Waals surface area contributed by atoms with E-state index in [2.05, 4.69) is 0 Å². The Hall–Kier alpha value is -2.09. The van der Waals surface area contributed by atoms with Crippen molar-refractivity contribution in [3.05, 3.63) is 53.6 Å². The highest BCUT2D eigenvalue weighted by atomic mass is 16.4. The van der Waals surface area contributed by atoms with Crippen LogP contribution in [0.15, 0.2) is 42.5 Å². The molecule has 0 unspecified atom stereocenters. The lowest BCUT2D eigenvalue weighted by molar-refractivity contribution is 0.0699. The van der Waals surface area contributed by atoms with Crippen molar-refractivity contribution in [2.45, 2.75) is 6.92 Å². The second-order valence-corrected chi connectivity index (χ2v) is 3.55. The number of aromatic carboxylic acids is 1. The maximum atomic E-state index is 11.1. The van der Waals surface area contributed by atoms with Gasteiger partial charge >= 0.3 is 5.97 Å². The zero-order valence-corrected chi connectivity index (χ0v) is 8.97. The summed E-state index contributed by atoms with van der Waals surface area (Å²) < 4.78 is 0. The van der Waals surface area contributed by atoms with Gasteiger partial charge in [0.15, 0.2) is 0 Å². The molecular formula is C14H12O2. The van der Waals surface area contributed by atoms with Crippen molar-refractivity contribution in [2.24, 2.45) is 0 Å². The summed E-state index contributed by atoms with van der Waals surface area (Å²) >= 11 is 0. The predicted octanol–water partition coefficient (Wildman–Crippen LogP) is 3.57. The smallest absolute Gasteiger partial charge is 0.336 e. The van der Waals surface area contributed by atoms with E-state index in [1.807, 2.05) is 49.4 Å². The topological polar surface area (TPSA) is 37.3 Å². The van der Waals surface area contributed by atoms with E-state index in [0.717, 1.165) is 16.3 Å². The molecule has 0 spiro atoms. The van der Waals surface area contributed by atoms with Crippen LogP contribution in [0.3, 0.4) is 0 Å². The summed E-state index contributed by atoms with van der Waals surface area (Å²) in [5.41, 5.74) is 1.40. The van der Waals surface area contributed by atoms with Crippen LogP contribution in [0.2, 0.25) is 0 Å². The summed E-state index contributed by atoms with van der Waals surface area (Å²) in [5.74, 6) is -0.886. The number of hydrogen-bond acceptors (Lipinski definition) is 1. The summed E-state index contributed by atoms with van der Waals surface area (Å²) in [6, 6.07) is 11.0. The van der Waals surface area contributed by atoms with Crippen molar-refractivity contribution >= 4 is 22.8 Å². The average molecular weight is 212 g/mol. The molecule has 0 bridgehead atoms. The molecule has 80 valence electrons. The minimum Gasteiger partial charge on any atom is -0.478 e. The van der Waals surface area contributed by atoms with Gasteiger partial charge in [-0.1, -0.05) is 42.5 Å². The molecule has 16 heavy (non-hydrogen) atoms. The molecule has 0 saturated carbocycles. The summed E-state index contributed by atoms with van der Waals surface area (Å²) in [6.45, 7) is 1.94. The number of fused-ring (bicyclic) bond motifs is 1. The quantitative estimate of drug-likeness (QED) is 0.826. The molecule has 0 amide bonds. The molecule has 0 aliphatic heterocycles. The first kappa shape index (κ1) is 10.4. The van der Waals surface area contributed by atoms with Gasteiger partial charge in [0.1, 0.15) is 0 Å². The maximum absolute atomic E-state index is 11.1. The van der Waals surface area contributed by atoms with Gasteiger partial charge in [0.25, 0.3) is 0 Å². The minimum atomic E-state index is -0.886. The molecule has 0 heterocycles. The standard InChI is InChI=1S/C14H12O2/c1-2-5-10-8-9-13(14(15)16)12-7-4-3-6-11(10)12/h2-9H,1H3,(H,15,16). The zero-order valence-electron chi connectivity index (χ0n) is 8.97. The van der Waals surface area contributed by atoms with Gasteiger partial charge in [-0.05, 0) is 29.3 Å². The van der Waals surface area contributed by atoms with Crippen LogP contribution in [0.4, 0.5) is 0 Å². The molecule has 0 fully saturated rings. The van der Waals surface area contributed by atoms with Crippen molar-refractivity contribution < 1.29 is 9.90 Å². The van der Waals surface area contributed by atoms with Crippen LogP contribution in [0.5, 0.6) is 0 Å². The van der Waals surface area contributed by atoms with Gasteiger partial charge in [-0.25, -0.2) is 4.79 Å². The molecule has 2 rings (SSSR count). The van der Waals surface area contributed by atoms with Crippen molar-refractivity contribution in [3.63, 3.8) is 0 Å². The summed E-state index contributed by atoms with van der Waals surface area (Å²) in [4.78, 5) is 11.1. The molecule has 0 aromatic heterocycles. The van der Waals surface area contributed by atoms with Gasteiger partial charge in [0, 0.05) is 0 Å². The maximum Gasteiger partial charge on any atom is 0.336 e. The van der Waals surface area contributed by atoms with Crippen LogP contribution in [-0.2, 0) is 0 Å². The second kappa shape index (κ2) is 4.19. The first-order valence-electron chi connectivity index (χ1n) is 5.12. The van der Waals surface area contributed by atoms with E-state index in [4.69, 9.17) is 5.11 Å². The van der Waals surface area contributed by atoms with E-state index in [1.54, 1.807) is 6.07 Å². The number of allylic oxidation sites excluding steroid dienone is 1. The highest BCUT2D eigenvalue weighted by Crippen LogP contribution is 2.23. The van der Waals surface area contributed by atoms with Gasteiger partial charge in [-0.2, -0.15) is 0 Å². The number of carbonyl (C=O) groups is 1. The Balaban J connectivity index is 2.82. The number of hydrogen-bond donors (Lipinski definition) is 1. The van der Waals surface area contributed by atoms with Crippen LogP contribution < -0.4 is 0 Å². The zero-order chi connectivity index (χ0) is 11.5. The molecule has 2 nitrogen and oxygen atoms in total. The Labute approximate surface area is 93.8 Å². The molecule has 0 aliphatic rings. The molecule has 0 radical (unpaired) electrons. The third-order valence-electron chi connectivity index (χ3n) is 2.53. The van der Waals surface area contributed by atoms with Crippen LogP contribution in [0, 0.1) is 0 Å². The summed E-state index contributed by atoms with van der Waals surface area (Å²) in [6.07, 6.45) is 3.93. The lowest BCUT2D eigenvalue weighted by Gasteiger charge is -2.05. The first-order valence-corrected chi connectivity index (χ1v) is 5.12. The van der Waals surface area contributed by atoms with E-state index in [9.17, 15) is 4.79 Å². The van der Waals surface area contributed by atoms with Gasteiger partial charge in [-0.15, -0.1) is 0 Å². The van der Waals surface area contributed by atoms with E-state index in [1.165, 1.54) is 0 Å². The average Bonchev–Trinajstić information content (AvgIpc) is 2.29. The highest BCUT2D eigenvalue weighted by molar-refractivity contribution is 6.06. The van der Waals surface area contributed by atoms with Crippen LogP contribution in [0.25, 0.3) is 16.8 Å². The molecule has 0 aliphatic carbocycles. The minimum absolute atomic E-state index is 0.351. The fourth-order valence-corrected chi connectivity index (χ4v) is 1.83. The Morgan fingerprint density at radius 1 is 1.12 bits per heavy atom. The number of rotatable bonds is 2. The highest BCUT2D eigenvalue weighted by Gasteiger charge is 2.09. The number of carboxylic acid groups (broad SMARTS) is 1. The van der Waals surface area contributed by atoms with E-state index in [-0.39, 0.29) is 0 Å². The molecular weight excluding hydrogens is 200 g/mol. The molecule has 2 aromatic rings. The Bertz CT molecular complexity index is 568. The lowest BCUT2D eigenvalue weighted by atomic mass is 9.99. The van der Waals surface area contributed by atoms with Gasteiger partial charge in [-0.3, -0.25) is 0 Å². The third-order valence-corrected chi connectivity index (χ3v) is 2.53. The fraction of sp³-hybridized carbons (Fsp3) is 0.0714. The molecule has 0 atom stereocenters. The predicted molar refractivity (Wildman–Crippen MR) is 65.6 cm³/mol. The summed E-state index contributed by atoms with van der Waals surface area (Å²) in [7, 11) is 0. The fourth-order valence-electron chi connectivity index (χ4n) is 1.83. The van der Waals surface area contributed by atoms with E-state index in [0.29, 0.717) is 5.56 Å². The van der Waals surface area contributed by atoms with E-state index < -0.39 is 5.97 Å². The monoisotopic (exact) mass is 212 g/mol. The summed E-state index contributed by atoms with van der Waals surface area (Å²) in [5, 5.41) is 10.8. The largest absolute Gasteiger partial charge is 0.478 e. The lowest BCUT2D eigenvalue weighted by Crippen LogP contribution is -1.97. The number of carboxylic acids is 1. The Morgan fingerprint density at radius 3 is 2.44 bits per heavy atom. The van der Waals surface area contributed by atoms with Crippen LogP contribution in [0.1, 0.15) is 22.8 Å². The van der Waals surface area contributed by atoms with Crippen LogP contribution >= 0.6 is 0 Å². The van der Waals surface area contributed by atoms with Gasteiger partial charge < -0.3 is 5.11 Å². The third kappa shape index (κ3) is 1.70. The molecule has 2 aromatic carbocycles. The van der Waals surface area contributed by atoms with Crippen molar-refractivity contribution in [1.82, 2.24) is 0 Å². The normalized spacial score (nSPS) is 11.1. The Kier molecular flexibility index (Phi) is 2.73. The molecule has 1 N–H and O–H groups in total. The van der Waals surface area contributed by atoms with Crippen LogP contribution in [-0.4, -0.2) is 11.1 Å². The second-order valence-electron chi connectivity index (χ2n) is 3.55.